The summed E-state index contributed by atoms with van der Waals surface area (Å²) >= 11 is 0. The quantitative estimate of drug-likeness (QED) is 0.161. The Kier molecular flexibility index (Phi) is 24.4. The molecule has 25 nitrogen and oxygen atoms in total. The van der Waals surface area contributed by atoms with Gasteiger partial charge in [0.25, 0.3) is 0 Å². The van der Waals surface area contributed by atoms with Crippen LogP contribution in [0.3, 0.4) is 0 Å². The molecule has 4 heterocycles. The third kappa shape index (κ3) is 18.7. The van der Waals surface area contributed by atoms with E-state index in [1.165, 1.54) is 62.3 Å². The predicted octanol–water partition coefficient (Wildman–Crippen LogP) is 1.99. The first-order chi connectivity index (χ1) is 34.0. The Balaban J connectivity index is 0.000000387. The highest BCUT2D eigenvalue weighted by Gasteiger charge is 2.54. The van der Waals surface area contributed by atoms with Gasteiger partial charge in [0.05, 0.1) is 24.4 Å². The molecule has 20 atom stereocenters. The van der Waals surface area contributed by atoms with Crippen LogP contribution in [-0.2, 0) is 114 Å². The Labute approximate surface area is 424 Å². The number of carbonyl (C=O) groups is 9. The first-order valence-corrected chi connectivity index (χ1v) is 24.0. The topological polar surface area (TPSA) is 312 Å². The number of ether oxygens (including phenoxy) is 15. The lowest BCUT2D eigenvalue weighted by Crippen LogP contribution is -2.61. The molecule has 4 rings (SSSR count). The van der Waals surface area contributed by atoms with Gasteiger partial charge in [-0.05, 0) is 11.8 Å². The molecule has 1 N–H and O–H groups in total. The maximum absolute atomic E-state index is 11.9. The van der Waals surface area contributed by atoms with Crippen molar-refractivity contribution in [2.75, 3.05) is 26.4 Å². The second-order valence-corrected chi connectivity index (χ2v) is 18.7. The summed E-state index contributed by atoms with van der Waals surface area (Å²) in [7, 11) is 0. The molecule has 0 aromatic carbocycles. The van der Waals surface area contributed by atoms with Crippen molar-refractivity contribution in [3.8, 4) is 0 Å². The summed E-state index contributed by atoms with van der Waals surface area (Å²) in [5.41, 5.74) is 0. The van der Waals surface area contributed by atoms with Gasteiger partial charge in [-0.1, -0.05) is 41.5 Å². The lowest BCUT2D eigenvalue weighted by atomic mass is 9.83. The van der Waals surface area contributed by atoms with Crippen LogP contribution in [0, 0.1) is 35.5 Å². The van der Waals surface area contributed by atoms with E-state index in [0.29, 0.717) is 0 Å². The fourth-order valence-electron chi connectivity index (χ4n) is 8.82. The zero-order valence-electron chi connectivity index (χ0n) is 44.1. The molecule has 4 aliphatic heterocycles. The average Bonchev–Trinajstić information content (AvgIpc) is 3.27. The van der Waals surface area contributed by atoms with Gasteiger partial charge in [-0.3, -0.25) is 43.2 Å². The summed E-state index contributed by atoms with van der Waals surface area (Å²) in [6, 6.07) is 0. The van der Waals surface area contributed by atoms with E-state index in [0.717, 1.165) is 0 Å². The van der Waals surface area contributed by atoms with E-state index in [2.05, 4.69) is 0 Å². The molecule has 4 aliphatic rings. The molecular weight excluding hydrogens is 977 g/mol. The molecule has 25 heteroatoms. The van der Waals surface area contributed by atoms with Crippen LogP contribution in [0.1, 0.15) is 104 Å². The SMILES string of the molecule is CC(=O)OCC1OC(OC2C(COC(C)=O)OC(O)C(OC(C)=O)C2C)C(OC(C)=O)C(C)C1C.CC(=O)OCC1OC(OC2C(COC(C)=O)OC(OC(C)=O)C(OC(C)=O)C2C)C(OC(C)=O)C(C)C1C. The molecule has 416 valence electrons. The van der Waals surface area contributed by atoms with Crippen LogP contribution in [0.5, 0.6) is 0 Å². The van der Waals surface area contributed by atoms with Crippen molar-refractivity contribution in [2.45, 2.75) is 190 Å². The minimum atomic E-state index is -1.48. The van der Waals surface area contributed by atoms with Gasteiger partial charge in [0.2, 0.25) is 6.29 Å². The monoisotopic (exact) mass is 1050 g/mol. The first-order valence-electron chi connectivity index (χ1n) is 24.0. The minimum absolute atomic E-state index is 0.0319. The molecule has 4 saturated heterocycles. The van der Waals surface area contributed by atoms with E-state index in [9.17, 15) is 48.3 Å². The largest absolute Gasteiger partial charge is 0.463 e. The van der Waals surface area contributed by atoms with Crippen molar-refractivity contribution < 1.29 is 119 Å². The van der Waals surface area contributed by atoms with Crippen LogP contribution in [-0.4, -0.2) is 171 Å². The van der Waals surface area contributed by atoms with Crippen LogP contribution in [0.2, 0.25) is 0 Å². The molecule has 0 bridgehead atoms. The van der Waals surface area contributed by atoms with Crippen LogP contribution >= 0.6 is 0 Å². The zero-order chi connectivity index (χ0) is 55.2. The summed E-state index contributed by atoms with van der Waals surface area (Å²) in [5, 5.41) is 10.4. The number of carbonyl (C=O) groups excluding carboxylic acids is 9. The highest BCUT2D eigenvalue weighted by molar-refractivity contribution is 5.69. The van der Waals surface area contributed by atoms with Crippen molar-refractivity contribution in [3.05, 3.63) is 0 Å². The van der Waals surface area contributed by atoms with E-state index in [1.807, 2.05) is 27.7 Å². The van der Waals surface area contributed by atoms with Crippen molar-refractivity contribution >= 4 is 53.7 Å². The summed E-state index contributed by atoms with van der Waals surface area (Å²) in [6.45, 7) is 21.3. The molecule has 0 saturated carbocycles. The normalized spacial score (nSPS) is 36.0. The van der Waals surface area contributed by atoms with E-state index < -0.39 is 152 Å². The van der Waals surface area contributed by atoms with Crippen molar-refractivity contribution in [1.82, 2.24) is 0 Å². The van der Waals surface area contributed by atoms with Gasteiger partial charge < -0.3 is 76.2 Å². The molecular formula is C48H74O25. The fourth-order valence-corrected chi connectivity index (χ4v) is 8.82. The van der Waals surface area contributed by atoms with Crippen molar-refractivity contribution in [1.29, 1.82) is 0 Å². The summed E-state index contributed by atoms with van der Waals surface area (Å²) in [6.07, 6.45) is -13.8. The fraction of sp³-hybridized carbons (Fsp3) is 0.812. The van der Waals surface area contributed by atoms with E-state index in [1.54, 1.807) is 13.8 Å². The van der Waals surface area contributed by atoms with Gasteiger partial charge >= 0.3 is 53.7 Å². The van der Waals surface area contributed by atoms with Gasteiger partial charge in [-0.15, -0.1) is 0 Å². The summed E-state index contributed by atoms with van der Waals surface area (Å²) in [4.78, 5) is 105. The smallest absolute Gasteiger partial charge is 0.305 e. The van der Waals surface area contributed by atoms with E-state index in [-0.39, 0.29) is 50.1 Å². The Hall–Kier alpha value is -5.05. The maximum atomic E-state index is 11.9. The molecule has 0 aromatic heterocycles. The Bertz CT molecular complexity index is 1900. The van der Waals surface area contributed by atoms with Crippen LogP contribution in [0.4, 0.5) is 0 Å². The van der Waals surface area contributed by atoms with Gasteiger partial charge in [0.1, 0.15) is 38.6 Å². The molecule has 0 radical (unpaired) electrons. The molecule has 73 heavy (non-hydrogen) atoms. The standard InChI is InChI=1S/C25H38O13.C23H36O12/c1-11-12(2)22(33-16(6)28)25(36-19(11)9-31-14(4)26)38-21-13(3)23(34-17(7)29)24(35-18(8)30)37-20(21)10-32-15(5)27;1-10-11(2)21(32-16(7)27)23(34-17(10)8-29-13(4)24)35-19-12(3)20(31-15(6)26)22(28)33-18(19)9-30-14(5)25/h11-13,19-25H,9-10H2,1-8H3;10-12,17-23,28H,8-9H2,1-7H3. The van der Waals surface area contributed by atoms with Crippen LogP contribution < -0.4 is 0 Å². The zero-order valence-corrected chi connectivity index (χ0v) is 44.1. The van der Waals surface area contributed by atoms with Crippen LogP contribution in [0.25, 0.3) is 0 Å². The number of aliphatic hydroxyl groups excluding tert-OH is 1. The Morgan fingerprint density at radius 1 is 0.315 bits per heavy atom. The predicted molar refractivity (Wildman–Crippen MR) is 242 cm³/mol. The molecule has 0 aliphatic carbocycles. The molecule has 0 amide bonds. The van der Waals surface area contributed by atoms with Crippen molar-refractivity contribution in [2.24, 2.45) is 35.5 Å². The second-order valence-electron chi connectivity index (χ2n) is 18.7. The van der Waals surface area contributed by atoms with Crippen LogP contribution in [0.15, 0.2) is 0 Å². The Morgan fingerprint density at radius 2 is 0.589 bits per heavy atom. The lowest BCUT2D eigenvalue weighted by molar-refractivity contribution is -0.340. The third-order valence-corrected chi connectivity index (χ3v) is 12.9. The third-order valence-electron chi connectivity index (χ3n) is 12.9. The number of esters is 9. The van der Waals surface area contributed by atoms with E-state index in [4.69, 9.17) is 71.1 Å². The first kappa shape index (κ1) is 62.2. The second kappa shape index (κ2) is 28.6. The number of aliphatic hydroxyl groups is 1. The molecule has 0 spiro atoms. The van der Waals surface area contributed by atoms with Gasteiger partial charge in [0, 0.05) is 86.0 Å². The lowest BCUT2D eigenvalue weighted by Gasteiger charge is -2.48. The highest BCUT2D eigenvalue weighted by Crippen LogP contribution is 2.40. The highest BCUT2D eigenvalue weighted by atomic mass is 16.8. The summed E-state index contributed by atoms with van der Waals surface area (Å²) < 4.78 is 83.8. The minimum Gasteiger partial charge on any atom is -0.463 e. The summed E-state index contributed by atoms with van der Waals surface area (Å²) in [5.74, 6) is -7.30. The number of rotatable bonds is 17. The number of hydrogen-bond acceptors (Lipinski definition) is 25. The van der Waals surface area contributed by atoms with Crippen molar-refractivity contribution in [3.63, 3.8) is 0 Å². The average molecular weight is 1050 g/mol. The maximum Gasteiger partial charge on any atom is 0.305 e. The van der Waals surface area contributed by atoms with Gasteiger partial charge in [-0.2, -0.15) is 0 Å². The number of hydrogen-bond donors (Lipinski definition) is 1. The molecule has 0 aromatic rings. The van der Waals surface area contributed by atoms with E-state index >= 15 is 0 Å². The molecule has 20 unspecified atom stereocenters. The Morgan fingerprint density at radius 3 is 0.918 bits per heavy atom. The van der Waals surface area contributed by atoms with Gasteiger partial charge in [0.15, 0.2) is 43.3 Å². The van der Waals surface area contributed by atoms with Gasteiger partial charge in [-0.25, -0.2) is 0 Å². The molecule has 4 fully saturated rings.